The molecule has 4 N–H and O–H groups in total. The molecule has 1 aromatic carbocycles. The average molecular weight is 272 g/mol. The number of fused-ring (bicyclic) bond motifs is 1. The van der Waals surface area contributed by atoms with Crippen molar-refractivity contribution in [1.82, 2.24) is 15.6 Å². The maximum Gasteiger partial charge on any atom is 0.252 e. The lowest BCUT2D eigenvalue weighted by atomic mass is 10.1. The topological polar surface area (TPSA) is 97.1 Å². The fourth-order valence-corrected chi connectivity index (χ4v) is 1.94. The fourth-order valence-electron chi connectivity index (χ4n) is 1.94. The molecule has 0 bridgehead atoms. The third-order valence-corrected chi connectivity index (χ3v) is 2.97. The Morgan fingerprint density at radius 3 is 2.70 bits per heavy atom. The highest BCUT2D eigenvalue weighted by molar-refractivity contribution is 6.08. The van der Waals surface area contributed by atoms with Gasteiger partial charge >= 0.3 is 0 Å². The third-order valence-electron chi connectivity index (χ3n) is 2.97. The highest BCUT2D eigenvalue weighted by Gasteiger charge is 2.17. The van der Waals surface area contributed by atoms with Gasteiger partial charge in [0.25, 0.3) is 5.91 Å². The van der Waals surface area contributed by atoms with Crippen LogP contribution in [0.4, 0.5) is 5.82 Å². The SMILES string of the molecule is CNC(=O)C(C)NC(=O)c1cc(N)nc2ccccc12. The highest BCUT2D eigenvalue weighted by atomic mass is 16.2. The Bertz CT molecular complexity index is 669. The van der Waals surface area contributed by atoms with Crippen LogP contribution < -0.4 is 16.4 Å². The molecule has 2 amide bonds. The van der Waals surface area contributed by atoms with Crippen LogP contribution in [0.15, 0.2) is 30.3 Å². The van der Waals surface area contributed by atoms with Crippen molar-refractivity contribution in [2.75, 3.05) is 12.8 Å². The lowest BCUT2D eigenvalue weighted by molar-refractivity contribution is -0.122. The van der Waals surface area contributed by atoms with E-state index < -0.39 is 6.04 Å². The number of pyridine rings is 1. The van der Waals surface area contributed by atoms with Crippen LogP contribution in [-0.4, -0.2) is 29.9 Å². The maximum atomic E-state index is 12.3. The number of nitrogens with zero attached hydrogens (tertiary/aromatic N) is 1. The molecule has 0 radical (unpaired) electrons. The van der Waals surface area contributed by atoms with Crippen molar-refractivity contribution in [2.24, 2.45) is 0 Å². The van der Waals surface area contributed by atoms with Gasteiger partial charge in [-0.25, -0.2) is 4.98 Å². The zero-order chi connectivity index (χ0) is 14.7. The normalized spacial score (nSPS) is 11.9. The molecule has 2 rings (SSSR count). The van der Waals surface area contributed by atoms with Gasteiger partial charge < -0.3 is 16.4 Å². The van der Waals surface area contributed by atoms with E-state index in [1.807, 2.05) is 12.1 Å². The predicted molar refractivity (Wildman–Crippen MR) is 77.2 cm³/mol. The number of hydrogen-bond donors (Lipinski definition) is 3. The molecule has 0 aliphatic heterocycles. The Morgan fingerprint density at radius 2 is 2.00 bits per heavy atom. The number of carbonyl (C=O) groups is 2. The summed E-state index contributed by atoms with van der Waals surface area (Å²) in [6.07, 6.45) is 0. The first kappa shape index (κ1) is 13.8. The van der Waals surface area contributed by atoms with Crippen LogP contribution in [0.3, 0.4) is 0 Å². The lowest BCUT2D eigenvalue weighted by Crippen LogP contribution is -2.43. The first-order valence-electron chi connectivity index (χ1n) is 6.20. The Hall–Kier alpha value is -2.63. The van der Waals surface area contributed by atoms with Crippen molar-refractivity contribution in [2.45, 2.75) is 13.0 Å². The minimum absolute atomic E-state index is 0.260. The summed E-state index contributed by atoms with van der Waals surface area (Å²) in [7, 11) is 1.52. The molecule has 2 aromatic rings. The molecular weight excluding hydrogens is 256 g/mol. The summed E-state index contributed by atoms with van der Waals surface area (Å²) in [5.41, 5.74) is 6.76. The van der Waals surface area contributed by atoms with Crippen LogP contribution in [-0.2, 0) is 4.79 Å². The summed E-state index contributed by atoms with van der Waals surface area (Å²) in [5.74, 6) is -0.350. The molecule has 1 aromatic heterocycles. The van der Waals surface area contributed by atoms with Crippen LogP contribution in [0.2, 0.25) is 0 Å². The molecule has 0 spiro atoms. The smallest absolute Gasteiger partial charge is 0.252 e. The number of aromatic nitrogens is 1. The van der Waals surface area contributed by atoms with E-state index in [0.29, 0.717) is 16.5 Å². The fraction of sp³-hybridized carbons (Fsp3) is 0.214. The molecule has 6 nitrogen and oxygen atoms in total. The number of hydrogen-bond acceptors (Lipinski definition) is 4. The third kappa shape index (κ3) is 2.69. The zero-order valence-corrected chi connectivity index (χ0v) is 11.3. The number of nitrogens with two attached hydrogens (primary N) is 1. The molecule has 0 saturated carbocycles. The Labute approximate surface area is 116 Å². The van der Waals surface area contributed by atoms with E-state index in [9.17, 15) is 9.59 Å². The molecule has 1 heterocycles. The highest BCUT2D eigenvalue weighted by Crippen LogP contribution is 2.19. The van der Waals surface area contributed by atoms with Crippen molar-refractivity contribution in [1.29, 1.82) is 0 Å². The van der Waals surface area contributed by atoms with Gasteiger partial charge in [-0.05, 0) is 19.1 Å². The van der Waals surface area contributed by atoms with E-state index in [4.69, 9.17) is 5.73 Å². The van der Waals surface area contributed by atoms with Crippen molar-refractivity contribution in [3.8, 4) is 0 Å². The van der Waals surface area contributed by atoms with Crippen LogP contribution >= 0.6 is 0 Å². The summed E-state index contributed by atoms with van der Waals surface area (Å²) >= 11 is 0. The maximum absolute atomic E-state index is 12.3. The van der Waals surface area contributed by atoms with Gasteiger partial charge in [-0.15, -0.1) is 0 Å². The van der Waals surface area contributed by atoms with Gasteiger partial charge in [-0.3, -0.25) is 9.59 Å². The number of amides is 2. The van der Waals surface area contributed by atoms with E-state index in [0.717, 1.165) is 0 Å². The number of rotatable bonds is 3. The summed E-state index contributed by atoms with van der Waals surface area (Å²) in [4.78, 5) is 27.9. The molecular formula is C14H16N4O2. The largest absolute Gasteiger partial charge is 0.384 e. The number of anilines is 1. The Balaban J connectivity index is 2.37. The van der Waals surface area contributed by atoms with Crippen molar-refractivity contribution < 1.29 is 9.59 Å². The number of benzene rings is 1. The van der Waals surface area contributed by atoms with Gasteiger partial charge in [0.1, 0.15) is 11.9 Å². The predicted octanol–water partition coefficient (Wildman–Crippen LogP) is 0.681. The number of nitrogen functional groups attached to an aromatic ring is 1. The van der Waals surface area contributed by atoms with Gasteiger partial charge in [0.05, 0.1) is 11.1 Å². The summed E-state index contributed by atoms with van der Waals surface area (Å²) < 4.78 is 0. The van der Waals surface area contributed by atoms with Gasteiger partial charge in [0.2, 0.25) is 5.91 Å². The van der Waals surface area contributed by atoms with Gasteiger partial charge in [0.15, 0.2) is 0 Å². The molecule has 104 valence electrons. The number of para-hydroxylation sites is 1. The summed E-state index contributed by atoms with van der Waals surface area (Å²) in [6.45, 7) is 1.61. The Kier molecular flexibility index (Phi) is 3.84. The van der Waals surface area contributed by atoms with Gasteiger partial charge in [0, 0.05) is 12.4 Å². The van der Waals surface area contributed by atoms with Crippen molar-refractivity contribution in [3.05, 3.63) is 35.9 Å². The molecule has 0 aliphatic rings. The van der Waals surface area contributed by atoms with Gasteiger partial charge in [-0.2, -0.15) is 0 Å². The van der Waals surface area contributed by atoms with Gasteiger partial charge in [-0.1, -0.05) is 18.2 Å². The Morgan fingerprint density at radius 1 is 1.30 bits per heavy atom. The number of nitrogens with one attached hydrogen (secondary N) is 2. The summed E-state index contributed by atoms with van der Waals surface area (Å²) in [5, 5.41) is 5.81. The first-order chi connectivity index (χ1) is 9.52. The minimum Gasteiger partial charge on any atom is -0.384 e. The van der Waals surface area contributed by atoms with Crippen LogP contribution in [0.25, 0.3) is 10.9 Å². The average Bonchev–Trinajstić information content (AvgIpc) is 2.45. The van der Waals surface area contributed by atoms with Crippen LogP contribution in [0.1, 0.15) is 17.3 Å². The van der Waals surface area contributed by atoms with E-state index in [1.165, 1.54) is 13.1 Å². The summed E-state index contributed by atoms with van der Waals surface area (Å²) in [6, 6.07) is 8.10. The number of likely N-dealkylation sites (N-methyl/N-ethyl adjacent to an activating group) is 1. The molecule has 1 atom stereocenters. The van der Waals surface area contributed by atoms with E-state index >= 15 is 0 Å². The van der Waals surface area contributed by atoms with E-state index in [2.05, 4.69) is 15.6 Å². The lowest BCUT2D eigenvalue weighted by Gasteiger charge is -2.13. The van der Waals surface area contributed by atoms with Crippen LogP contribution in [0.5, 0.6) is 0 Å². The van der Waals surface area contributed by atoms with Crippen molar-refractivity contribution in [3.63, 3.8) is 0 Å². The quantitative estimate of drug-likeness (QED) is 0.765. The molecule has 1 unspecified atom stereocenters. The second kappa shape index (κ2) is 5.56. The standard InChI is InChI=1S/C14H16N4O2/c1-8(13(19)16-2)17-14(20)10-7-12(15)18-11-6-4-3-5-9(10)11/h3-8H,1-2H3,(H2,15,18)(H,16,19)(H,17,20). The molecule has 0 saturated heterocycles. The molecule has 0 aliphatic carbocycles. The number of carbonyl (C=O) groups excluding carboxylic acids is 2. The van der Waals surface area contributed by atoms with E-state index in [-0.39, 0.29) is 17.6 Å². The molecule has 20 heavy (non-hydrogen) atoms. The monoisotopic (exact) mass is 272 g/mol. The first-order valence-corrected chi connectivity index (χ1v) is 6.20. The van der Waals surface area contributed by atoms with Crippen LogP contribution in [0, 0.1) is 0 Å². The minimum atomic E-state index is -0.624. The second-order valence-electron chi connectivity index (χ2n) is 4.42. The van der Waals surface area contributed by atoms with Crippen molar-refractivity contribution >= 4 is 28.5 Å². The molecule has 0 fully saturated rings. The molecule has 6 heteroatoms. The van der Waals surface area contributed by atoms with E-state index in [1.54, 1.807) is 19.1 Å². The second-order valence-corrected chi connectivity index (χ2v) is 4.42. The zero-order valence-electron chi connectivity index (χ0n) is 11.3.